The summed E-state index contributed by atoms with van der Waals surface area (Å²) in [5.74, 6) is -2.35. The smallest absolute Gasteiger partial charge is 0.245 e. The van der Waals surface area contributed by atoms with Gasteiger partial charge in [-0.15, -0.1) is 0 Å². The van der Waals surface area contributed by atoms with E-state index in [2.05, 4.69) is 10.3 Å². The number of carbonyl (C=O) groups is 2. The number of ketones is 1. The van der Waals surface area contributed by atoms with Crippen LogP contribution < -0.4 is 10.1 Å². The molecule has 2 rings (SSSR count). The predicted molar refractivity (Wildman–Crippen MR) is 92.0 cm³/mol. The van der Waals surface area contributed by atoms with Crippen LogP contribution in [0.15, 0.2) is 36.4 Å². The molecule has 0 bridgehead atoms. The number of rotatable bonds is 6. The quantitative estimate of drug-likeness (QED) is 0.645. The van der Waals surface area contributed by atoms with E-state index < -0.39 is 17.6 Å². The van der Waals surface area contributed by atoms with Gasteiger partial charge in [-0.1, -0.05) is 29.8 Å². The molecule has 1 N–H and O–H groups in total. The second-order valence-corrected chi connectivity index (χ2v) is 5.67. The summed E-state index contributed by atoms with van der Waals surface area (Å²) in [5, 5.41) is 11.9. The number of pyridine rings is 1. The van der Waals surface area contributed by atoms with Gasteiger partial charge < -0.3 is 10.1 Å². The molecule has 1 aromatic heterocycles. The fourth-order valence-electron chi connectivity index (χ4n) is 2.40. The van der Waals surface area contributed by atoms with Crippen LogP contribution >= 0.6 is 0 Å². The first-order valence-electron chi connectivity index (χ1n) is 7.74. The summed E-state index contributed by atoms with van der Waals surface area (Å²) in [6.07, 6.45) is 0. The lowest BCUT2D eigenvalue weighted by Gasteiger charge is -2.11. The fourth-order valence-corrected chi connectivity index (χ4v) is 2.40. The van der Waals surface area contributed by atoms with E-state index in [1.807, 2.05) is 31.2 Å². The number of hydrogen-bond donors (Lipinski definition) is 1. The molecular formula is C19H19N3O3. The van der Waals surface area contributed by atoms with Crippen LogP contribution in [0.2, 0.25) is 0 Å². The van der Waals surface area contributed by atoms with Crippen LogP contribution in [-0.4, -0.2) is 23.8 Å². The Labute approximate surface area is 146 Å². The Morgan fingerprint density at radius 2 is 2.04 bits per heavy atom. The third-order valence-electron chi connectivity index (χ3n) is 3.63. The Morgan fingerprint density at radius 1 is 1.28 bits per heavy atom. The van der Waals surface area contributed by atoms with Gasteiger partial charge in [0.25, 0.3) is 0 Å². The van der Waals surface area contributed by atoms with Gasteiger partial charge in [0.2, 0.25) is 11.8 Å². The zero-order chi connectivity index (χ0) is 18.4. The van der Waals surface area contributed by atoms with Crippen LogP contribution in [0.25, 0.3) is 0 Å². The summed E-state index contributed by atoms with van der Waals surface area (Å²) in [5.41, 5.74) is 2.76. The molecular weight excluding hydrogens is 318 g/mol. The molecule has 0 fully saturated rings. The summed E-state index contributed by atoms with van der Waals surface area (Å²) in [6, 6.07) is 12.4. The SMILES string of the molecule is COc1cc(C(=O)[C@@H](C#N)C(=O)NCc2cccc(C)c2)cc(C)n1. The lowest BCUT2D eigenvalue weighted by molar-refractivity contribution is -0.122. The Hall–Kier alpha value is -3.20. The highest BCUT2D eigenvalue weighted by Gasteiger charge is 2.28. The van der Waals surface area contributed by atoms with E-state index in [0.29, 0.717) is 5.69 Å². The second-order valence-electron chi connectivity index (χ2n) is 5.67. The molecule has 1 heterocycles. The van der Waals surface area contributed by atoms with Crippen molar-refractivity contribution in [1.82, 2.24) is 10.3 Å². The van der Waals surface area contributed by atoms with Crippen LogP contribution in [-0.2, 0) is 11.3 Å². The van der Waals surface area contributed by atoms with E-state index in [9.17, 15) is 14.9 Å². The van der Waals surface area contributed by atoms with Crippen LogP contribution in [0.4, 0.5) is 0 Å². The van der Waals surface area contributed by atoms with Crippen LogP contribution in [0.1, 0.15) is 27.2 Å². The zero-order valence-corrected chi connectivity index (χ0v) is 14.4. The number of amides is 1. The van der Waals surface area contributed by atoms with E-state index in [1.165, 1.54) is 19.2 Å². The predicted octanol–water partition coefficient (Wildman–Crippen LogP) is 2.35. The Morgan fingerprint density at radius 3 is 2.68 bits per heavy atom. The highest BCUT2D eigenvalue weighted by Crippen LogP contribution is 2.16. The first kappa shape index (κ1) is 18.1. The molecule has 128 valence electrons. The molecule has 0 unspecified atom stereocenters. The molecule has 6 heteroatoms. The Kier molecular flexibility index (Phi) is 5.85. The topological polar surface area (TPSA) is 92.1 Å². The number of ether oxygens (including phenoxy) is 1. The summed E-state index contributed by atoms with van der Waals surface area (Å²) in [4.78, 5) is 28.9. The maximum atomic E-state index is 12.5. The standard InChI is InChI=1S/C19H19N3O3/c1-12-5-4-6-14(7-12)11-21-19(24)16(10-20)18(23)15-8-13(2)22-17(9-15)25-3/h4-9,16H,11H2,1-3H3,(H,21,24)/t16-/m1/s1. The van der Waals surface area contributed by atoms with Crippen molar-refractivity contribution in [1.29, 1.82) is 5.26 Å². The molecule has 6 nitrogen and oxygen atoms in total. The van der Waals surface area contributed by atoms with Crippen molar-refractivity contribution in [2.75, 3.05) is 7.11 Å². The monoisotopic (exact) mass is 337 g/mol. The molecule has 2 aromatic rings. The van der Waals surface area contributed by atoms with Gasteiger partial charge in [-0.05, 0) is 25.5 Å². The summed E-state index contributed by atoms with van der Waals surface area (Å²) in [7, 11) is 1.44. The lowest BCUT2D eigenvalue weighted by atomic mass is 9.98. The highest BCUT2D eigenvalue weighted by atomic mass is 16.5. The van der Waals surface area contributed by atoms with Crippen LogP contribution in [0.5, 0.6) is 5.88 Å². The van der Waals surface area contributed by atoms with Gasteiger partial charge in [0.1, 0.15) is 0 Å². The number of nitrogens with zero attached hydrogens (tertiary/aromatic N) is 2. The van der Waals surface area contributed by atoms with E-state index in [1.54, 1.807) is 13.0 Å². The van der Waals surface area contributed by atoms with Crippen molar-refractivity contribution in [2.45, 2.75) is 20.4 Å². The second kappa shape index (κ2) is 8.06. The van der Waals surface area contributed by atoms with Gasteiger partial charge in [0, 0.05) is 23.9 Å². The third-order valence-corrected chi connectivity index (χ3v) is 3.63. The molecule has 0 saturated carbocycles. The molecule has 0 spiro atoms. The summed E-state index contributed by atoms with van der Waals surface area (Å²) in [6.45, 7) is 3.91. The van der Waals surface area contributed by atoms with Crippen molar-refractivity contribution in [3.63, 3.8) is 0 Å². The molecule has 0 aliphatic carbocycles. The molecule has 1 amide bonds. The average molecular weight is 337 g/mol. The normalized spacial score (nSPS) is 11.3. The minimum absolute atomic E-state index is 0.224. The number of hydrogen-bond acceptors (Lipinski definition) is 5. The van der Waals surface area contributed by atoms with E-state index in [4.69, 9.17) is 4.74 Å². The maximum Gasteiger partial charge on any atom is 0.245 e. The first-order valence-corrected chi connectivity index (χ1v) is 7.74. The van der Waals surface area contributed by atoms with Gasteiger partial charge >= 0.3 is 0 Å². The zero-order valence-electron chi connectivity index (χ0n) is 14.4. The fraction of sp³-hybridized carbons (Fsp3) is 0.263. The molecule has 0 aliphatic heterocycles. The van der Waals surface area contributed by atoms with Gasteiger partial charge in [0.05, 0.1) is 13.2 Å². The van der Waals surface area contributed by atoms with E-state index >= 15 is 0 Å². The molecule has 0 radical (unpaired) electrons. The Balaban J connectivity index is 2.12. The van der Waals surface area contributed by atoms with Crippen molar-refractivity contribution in [3.05, 3.63) is 58.8 Å². The number of benzene rings is 1. The minimum atomic E-state index is -1.42. The van der Waals surface area contributed by atoms with Crippen molar-refractivity contribution < 1.29 is 14.3 Å². The number of aryl methyl sites for hydroxylation is 2. The number of Topliss-reactive ketones (excluding diaryl/α,β-unsaturated/α-hetero) is 1. The van der Waals surface area contributed by atoms with Gasteiger partial charge in [-0.25, -0.2) is 4.98 Å². The third kappa shape index (κ3) is 4.64. The summed E-state index contributed by atoms with van der Waals surface area (Å²) >= 11 is 0. The summed E-state index contributed by atoms with van der Waals surface area (Å²) < 4.78 is 5.03. The van der Waals surface area contributed by atoms with Crippen molar-refractivity contribution >= 4 is 11.7 Å². The van der Waals surface area contributed by atoms with Crippen molar-refractivity contribution in [3.8, 4) is 11.9 Å². The number of carbonyl (C=O) groups excluding carboxylic acids is 2. The first-order chi connectivity index (χ1) is 11.9. The Bertz CT molecular complexity index is 840. The van der Waals surface area contributed by atoms with Crippen LogP contribution in [0.3, 0.4) is 0 Å². The van der Waals surface area contributed by atoms with E-state index in [0.717, 1.165) is 11.1 Å². The highest BCUT2D eigenvalue weighted by molar-refractivity contribution is 6.12. The number of nitrogens with one attached hydrogen (secondary N) is 1. The molecule has 1 atom stereocenters. The van der Waals surface area contributed by atoms with Crippen LogP contribution in [0, 0.1) is 31.1 Å². The number of aromatic nitrogens is 1. The molecule has 0 saturated heterocycles. The van der Waals surface area contributed by atoms with Gasteiger partial charge in [-0.3, -0.25) is 9.59 Å². The van der Waals surface area contributed by atoms with Crippen molar-refractivity contribution in [2.24, 2.45) is 5.92 Å². The maximum absolute atomic E-state index is 12.5. The molecule has 25 heavy (non-hydrogen) atoms. The lowest BCUT2D eigenvalue weighted by Crippen LogP contribution is -2.34. The minimum Gasteiger partial charge on any atom is -0.481 e. The molecule has 0 aliphatic rings. The van der Waals surface area contributed by atoms with E-state index in [-0.39, 0.29) is 18.0 Å². The average Bonchev–Trinajstić information content (AvgIpc) is 2.60. The van der Waals surface area contributed by atoms with Gasteiger partial charge in [-0.2, -0.15) is 5.26 Å². The largest absolute Gasteiger partial charge is 0.481 e. The molecule has 1 aromatic carbocycles. The number of methoxy groups -OCH3 is 1. The number of nitriles is 1. The van der Waals surface area contributed by atoms with Gasteiger partial charge in [0.15, 0.2) is 11.7 Å².